The van der Waals surface area contributed by atoms with E-state index in [0.717, 1.165) is 23.7 Å². The SMILES string of the molecule is CCN(Cc1cc(Br)ccc1F)C(=O)C1CCC1. The van der Waals surface area contributed by atoms with Crippen LogP contribution in [0.25, 0.3) is 0 Å². The third-order valence-corrected chi connectivity index (χ3v) is 4.01. The molecule has 0 heterocycles. The van der Waals surface area contributed by atoms with Crippen LogP contribution in [0, 0.1) is 11.7 Å². The van der Waals surface area contributed by atoms with E-state index in [1.165, 1.54) is 6.07 Å². The number of halogens is 2. The van der Waals surface area contributed by atoms with Crippen LogP contribution in [0.1, 0.15) is 31.7 Å². The minimum absolute atomic E-state index is 0.167. The summed E-state index contributed by atoms with van der Waals surface area (Å²) in [5.74, 6) is 0.0846. The van der Waals surface area contributed by atoms with E-state index in [2.05, 4.69) is 15.9 Å². The lowest BCUT2D eigenvalue weighted by Crippen LogP contribution is -2.38. The van der Waals surface area contributed by atoms with E-state index in [0.29, 0.717) is 18.7 Å². The van der Waals surface area contributed by atoms with Crippen LogP contribution in [0.5, 0.6) is 0 Å². The molecule has 1 aliphatic rings. The molecule has 0 aliphatic heterocycles. The lowest BCUT2D eigenvalue weighted by atomic mass is 9.84. The van der Waals surface area contributed by atoms with Crippen LogP contribution in [0.4, 0.5) is 4.39 Å². The van der Waals surface area contributed by atoms with E-state index in [9.17, 15) is 9.18 Å². The van der Waals surface area contributed by atoms with Gasteiger partial charge in [0.1, 0.15) is 5.82 Å². The van der Waals surface area contributed by atoms with E-state index in [1.54, 1.807) is 17.0 Å². The van der Waals surface area contributed by atoms with Crippen LogP contribution in [0.15, 0.2) is 22.7 Å². The van der Waals surface area contributed by atoms with Gasteiger partial charge in [-0.2, -0.15) is 0 Å². The highest BCUT2D eigenvalue weighted by Gasteiger charge is 2.29. The first-order chi connectivity index (χ1) is 8.61. The van der Waals surface area contributed by atoms with Gasteiger partial charge in [-0.1, -0.05) is 22.4 Å². The Hall–Kier alpha value is -0.900. The maximum atomic E-state index is 13.7. The molecule has 18 heavy (non-hydrogen) atoms. The molecule has 2 rings (SSSR count). The van der Waals surface area contributed by atoms with E-state index in [4.69, 9.17) is 0 Å². The molecule has 1 aliphatic carbocycles. The Morgan fingerprint density at radius 3 is 2.78 bits per heavy atom. The molecule has 1 aromatic rings. The van der Waals surface area contributed by atoms with Crippen molar-refractivity contribution in [1.82, 2.24) is 4.90 Å². The normalized spacial score (nSPS) is 15.3. The molecule has 2 nitrogen and oxygen atoms in total. The number of hydrogen-bond donors (Lipinski definition) is 0. The van der Waals surface area contributed by atoms with Crippen molar-refractivity contribution in [3.8, 4) is 0 Å². The van der Waals surface area contributed by atoms with Gasteiger partial charge < -0.3 is 4.90 Å². The molecule has 4 heteroatoms. The second-order valence-corrected chi connectivity index (χ2v) is 5.63. The summed E-state index contributed by atoms with van der Waals surface area (Å²) in [6, 6.07) is 4.84. The number of carbonyl (C=O) groups is 1. The zero-order valence-electron chi connectivity index (χ0n) is 10.5. The summed E-state index contributed by atoms with van der Waals surface area (Å²) in [6.07, 6.45) is 3.10. The maximum Gasteiger partial charge on any atom is 0.225 e. The first-order valence-electron chi connectivity index (χ1n) is 6.34. The van der Waals surface area contributed by atoms with Gasteiger partial charge >= 0.3 is 0 Å². The zero-order chi connectivity index (χ0) is 13.1. The molecule has 0 saturated heterocycles. The fraction of sp³-hybridized carbons (Fsp3) is 0.500. The van der Waals surface area contributed by atoms with Crippen LogP contribution in [-0.4, -0.2) is 17.4 Å². The molecule has 0 radical (unpaired) electrons. The Labute approximate surface area is 115 Å². The Morgan fingerprint density at radius 1 is 1.50 bits per heavy atom. The minimum atomic E-state index is -0.252. The predicted octanol–water partition coefficient (Wildman–Crippen LogP) is 3.74. The second-order valence-electron chi connectivity index (χ2n) is 4.72. The van der Waals surface area contributed by atoms with Crippen LogP contribution in [0.2, 0.25) is 0 Å². The van der Waals surface area contributed by atoms with Gasteiger partial charge in [0, 0.05) is 29.0 Å². The van der Waals surface area contributed by atoms with Crippen LogP contribution in [-0.2, 0) is 11.3 Å². The number of hydrogen-bond acceptors (Lipinski definition) is 1. The monoisotopic (exact) mass is 313 g/mol. The van der Waals surface area contributed by atoms with Gasteiger partial charge in [-0.3, -0.25) is 4.79 Å². The highest BCUT2D eigenvalue weighted by atomic mass is 79.9. The fourth-order valence-corrected chi connectivity index (χ4v) is 2.54. The van der Waals surface area contributed by atoms with Crippen molar-refractivity contribution in [1.29, 1.82) is 0 Å². The topological polar surface area (TPSA) is 20.3 Å². The van der Waals surface area contributed by atoms with Crippen molar-refractivity contribution in [2.75, 3.05) is 6.54 Å². The highest BCUT2D eigenvalue weighted by molar-refractivity contribution is 9.10. The van der Waals surface area contributed by atoms with E-state index >= 15 is 0 Å². The number of amides is 1. The van der Waals surface area contributed by atoms with Crippen molar-refractivity contribution in [3.05, 3.63) is 34.1 Å². The third kappa shape index (κ3) is 2.91. The number of nitrogens with zero attached hydrogens (tertiary/aromatic N) is 1. The zero-order valence-corrected chi connectivity index (χ0v) is 12.0. The largest absolute Gasteiger partial charge is 0.338 e. The van der Waals surface area contributed by atoms with Gasteiger partial charge in [0.2, 0.25) is 5.91 Å². The number of rotatable bonds is 4. The summed E-state index contributed by atoms with van der Waals surface area (Å²) in [7, 11) is 0. The molecule has 98 valence electrons. The van der Waals surface area contributed by atoms with Crippen molar-refractivity contribution in [2.24, 2.45) is 5.92 Å². The smallest absolute Gasteiger partial charge is 0.225 e. The summed E-state index contributed by atoms with van der Waals surface area (Å²) < 4.78 is 14.5. The summed E-state index contributed by atoms with van der Waals surface area (Å²) in [5.41, 5.74) is 0.568. The fourth-order valence-electron chi connectivity index (χ4n) is 2.13. The molecular weight excluding hydrogens is 297 g/mol. The predicted molar refractivity (Wildman–Crippen MR) is 72.5 cm³/mol. The average molecular weight is 314 g/mol. The Kier molecular flexibility index (Phi) is 4.38. The molecule has 0 N–H and O–H groups in total. The molecule has 1 saturated carbocycles. The standard InChI is InChI=1S/C14H17BrFNO/c1-2-17(14(18)10-4-3-5-10)9-11-8-12(15)6-7-13(11)16/h6-8,10H,2-5,9H2,1H3. The van der Waals surface area contributed by atoms with Crippen LogP contribution < -0.4 is 0 Å². The quantitative estimate of drug-likeness (QED) is 0.829. The molecule has 1 fully saturated rings. The van der Waals surface area contributed by atoms with E-state index < -0.39 is 0 Å². The Balaban J connectivity index is 2.09. The minimum Gasteiger partial charge on any atom is -0.338 e. The summed E-state index contributed by atoms with van der Waals surface area (Å²) in [5, 5.41) is 0. The molecule has 1 amide bonds. The van der Waals surface area contributed by atoms with Crippen molar-refractivity contribution in [2.45, 2.75) is 32.7 Å². The maximum absolute atomic E-state index is 13.7. The second kappa shape index (κ2) is 5.83. The summed E-state index contributed by atoms with van der Waals surface area (Å²) in [4.78, 5) is 13.9. The number of benzene rings is 1. The number of carbonyl (C=O) groups excluding carboxylic acids is 1. The molecule has 1 aromatic carbocycles. The van der Waals surface area contributed by atoms with E-state index in [1.807, 2.05) is 6.92 Å². The lowest BCUT2D eigenvalue weighted by molar-refractivity contribution is -0.138. The van der Waals surface area contributed by atoms with Gasteiger partial charge in [-0.15, -0.1) is 0 Å². The first kappa shape index (κ1) is 13.5. The Bertz CT molecular complexity index is 445. The van der Waals surface area contributed by atoms with Gasteiger partial charge in [-0.25, -0.2) is 4.39 Å². The first-order valence-corrected chi connectivity index (χ1v) is 7.14. The van der Waals surface area contributed by atoms with Crippen LogP contribution in [0.3, 0.4) is 0 Å². The lowest BCUT2D eigenvalue weighted by Gasteiger charge is -2.31. The molecular formula is C14H17BrFNO. The van der Waals surface area contributed by atoms with Crippen molar-refractivity contribution in [3.63, 3.8) is 0 Å². The highest BCUT2D eigenvalue weighted by Crippen LogP contribution is 2.29. The molecule has 0 bridgehead atoms. The van der Waals surface area contributed by atoms with Gasteiger partial charge in [-0.05, 0) is 38.0 Å². The summed E-state index contributed by atoms with van der Waals surface area (Å²) in [6.45, 7) is 2.92. The van der Waals surface area contributed by atoms with Gasteiger partial charge in [0.15, 0.2) is 0 Å². The molecule has 0 atom stereocenters. The van der Waals surface area contributed by atoms with Gasteiger partial charge in [0.25, 0.3) is 0 Å². The van der Waals surface area contributed by atoms with Crippen LogP contribution >= 0.6 is 15.9 Å². The van der Waals surface area contributed by atoms with Crippen molar-refractivity contribution >= 4 is 21.8 Å². The molecule has 0 unspecified atom stereocenters. The molecule has 0 spiro atoms. The Morgan fingerprint density at radius 2 is 2.22 bits per heavy atom. The van der Waals surface area contributed by atoms with Gasteiger partial charge in [0.05, 0.1) is 0 Å². The van der Waals surface area contributed by atoms with Crippen molar-refractivity contribution < 1.29 is 9.18 Å². The summed E-state index contributed by atoms with van der Waals surface area (Å²) >= 11 is 3.33. The third-order valence-electron chi connectivity index (χ3n) is 3.52. The molecule has 0 aromatic heterocycles. The average Bonchev–Trinajstić information content (AvgIpc) is 2.27. The van der Waals surface area contributed by atoms with E-state index in [-0.39, 0.29) is 17.6 Å².